The summed E-state index contributed by atoms with van der Waals surface area (Å²) in [6, 6.07) is 9.12. The normalized spacial score (nSPS) is 12.3. The number of benzene rings is 1. The molecule has 0 aromatic heterocycles. The Morgan fingerprint density at radius 2 is 2.06 bits per heavy atom. The maximum absolute atomic E-state index is 11.7. The SMILES string of the molecule is CCOC(=O)C(Cc1ccccc1)C(=O)/C=N/O. The number of ketones is 1. The van der Waals surface area contributed by atoms with Gasteiger partial charge in [-0.2, -0.15) is 0 Å². The van der Waals surface area contributed by atoms with Crippen LogP contribution in [0.2, 0.25) is 0 Å². The Hall–Kier alpha value is -2.17. The molecule has 0 bridgehead atoms. The highest BCUT2D eigenvalue weighted by atomic mass is 16.5. The largest absolute Gasteiger partial charge is 0.465 e. The molecule has 18 heavy (non-hydrogen) atoms. The zero-order valence-corrected chi connectivity index (χ0v) is 10.1. The van der Waals surface area contributed by atoms with Crippen molar-refractivity contribution in [1.29, 1.82) is 0 Å². The summed E-state index contributed by atoms with van der Waals surface area (Å²) in [7, 11) is 0. The van der Waals surface area contributed by atoms with E-state index in [1.807, 2.05) is 30.3 Å². The Bertz CT molecular complexity index is 428. The molecule has 0 aliphatic heterocycles. The van der Waals surface area contributed by atoms with Crippen LogP contribution >= 0.6 is 0 Å². The number of Topliss-reactive ketones (excluding diaryl/α,β-unsaturated/α-hetero) is 1. The Morgan fingerprint density at radius 1 is 1.39 bits per heavy atom. The van der Waals surface area contributed by atoms with E-state index in [1.54, 1.807) is 6.92 Å². The van der Waals surface area contributed by atoms with Gasteiger partial charge in [-0.1, -0.05) is 35.5 Å². The number of rotatable bonds is 6. The molecule has 0 aliphatic carbocycles. The summed E-state index contributed by atoms with van der Waals surface area (Å²) >= 11 is 0. The smallest absolute Gasteiger partial charge is 0.317 e. The number of nitrogens with zero attached hydrogens (tertiary/aromatic N) is 1. The molecule has 1 aromatic rings. The van der Waals surface area contributed by atoms with Crippen LogP contribution in [0.15, 0.2) is 35.5 Å². The highest BCUT2D eigenvalue weighted by Gasteiger charge is 2.27. The molecule has 96 valence electrons. The zero-order valence-electron chi connectivity index (χ0n) is 10.1. The lowest BCUT2D eigenvalue weighted by molar-refractivity contribution is -0.150. The average Bonchev–Trinajstić information content (AvgIpc) is 2.37. The Labute approximate surface area is 105 Å². The summed E-state index contributed by atoms with van der Waals surface area (Å²) in [5, 5.41) is 11.0. The van der Waals surface area contributed by atoms with Crippen LogP contribution in [-0.2, 0) is 20.7 Å². The van der Waals surface area contributed by atoms with Gasteiger partial charge in [-0.25, -0.2) is 0 Å². The molecular formula is C13H15NO4. The topological polar surface area (TPSA) is 76.0 Å². The fourth-order valence-electron chi connectivity index (χ4n) is 1.54. The van der Waals surface area contributed by atoms with Crippen LogP contribution in [0, 0.1) is 5.92 Å². The van der Waals surface area contributed by atoms with Crippen molar-refractivity contribution in [2.24, 2.45) is 11.1 Å². The number of esters is 1. The summed E-state index contributed by atoms with van der Waals surface area (Å²) < 4.78 is 4.84. The molecule has 0 fully saturated rings. The predicted molar refractivity (Wildman–Crippen MR) is 65.6 cm³/mol. The summed E-state index contributed by atoms with van der Waals surface area (Å²) in [5.41, 5.74) is 0.843. The molecule has 5 nitrogen and oxygen atoms in total. The molecule has 1 atom stereocenters. The lowest BCUT2D eigenvalue weighted by Gasteiger charge is -2.12. The van der Waals surface area contributed by atoms with Crippen LogP contribution in [0.25, 0.3) is 0 Å². The minimum atomic E-state index is -0.969. The summed E-state index contributed by atoms with van der Waals surface area (Å²) in [4.78, 5) is 23.3. The van der Waals surface area contributed by atoms with Crippen molar-refractivity contribution in [2.75, 3.05) is 6.61 Å². The first-order valence-corrected chi connectivity index (χ1v) is 5.60. The maximum atomic E-state index is 11.7. The van der Waals surface area contributed by atoms with E-state index >= 15 is 0 Å². The van der Waals surface area contributed by atoms with Crippen LogP contribution in [0.5, 0.6) is 0 Å². The van der Waals surface area contributed by atoms with Crippen molar-refractivity contribution < 1.29 is 19.5 Å². The molecule has 1 rings (SSSR count). The highest BCUT2D eigenvalue weighted by molar-refractivity contribution is 6.32. The van der Waals surface area contributed by atoms with E-state index in [0.29, 0.717) is 0 Å². The van der Waals surface area contributed by atoms with Gasteiger partial charge in [0.1, 0.15) is 12.1 Å². The summed E-state index contributed by atoms with van der Waals surface area (Å²) in [6.07, 6.45) is 0.953. The monoisotopic (exact) mass is 249 g/mol. The number of oxime groups is 1. The van der Waals surface area contributed by atoms with Crippen molar-refractivity contribution >= 4 is 18.0 Å². The van der Waals surface area contributed by atoms with Crippen molar-refractivity contribution in [3.8, 4) is 0 Å². The molecule has 0 saturated carbocycles. The second-order valence-corrected chi connectivity index (χ2v) is 3.64. The van der Waals surface area contributed by atoms with E-state index in [0.717, 1.165) is 11.8 Å². The van der Waals surface area contributed by atoms with Crippen molar-refractivity contribution in [3.05, 3.63) is 35.9 Å². The Balaban J connectivity index is 2.84. The summed E-state index contributed by atoms with van der Waals surface area (Å²) in [6.45, 7) is 1.87. The van der Waals surface area contributed by atoms with Crippen LogP contribution < -0.4 is 0 Å². The first-order valence-electron chi connectivity index (χ1n) is 5.60. The molecule has 1 aromatic carbocycles. The van der Waals surface area contributed by atoms with Gasteiger partial charge in [-0.3, -0.25) is 9.59 Å². The van der Waals surface area contributed by atoms with Crippen molar-refractivity contribution in [2.45, 2.75) is 13.3 Å². The summed E-state index contributed by atoms with van der Waals surface area (Å²) in [5.74, 6) is -2.14. The van der Waals surface area contributed by atoms with E-state index in [9.17, 15) is 9.59 Å². The lowest BCUT2D eigenvalue weighted by Crippen LogP contribution is -2.29. The number of hydrogen-bond acceptors (Lipinski definition) is 5. The second kappa shape index (κ2) is 7.21. The number of hydrogen-bond donors (Lipinski definition) is 1. The highest BCUT2D eigenvalue weighted by Crippen LogP contribution is 2.11. The molecule has 1 N–H and O–H groups in total. The van der Waals surface area contributed by atoms with E-state index in [-0.39, 0.29) is 13.0 Å². The fourth-order valence-corrected chi connectivity index (χ4v) is 1.54. The molecule has 1 unspecified atom stereocenters. The molecule has 0 aliphatic rings. The first kappa shape index (κ1) is 13.9. The average molecular weight is 249 g/mol. The van der Waals surface area contributed by atoms with Gasteiger partial charge in [0.2, 0.25) is 0 Å². The third-order valence-corrected chi connectivity index (χ3v) is 2.38. The standard InChI is InChI=1S/C13H15NO4/c1-2-18-13(16)11(12(15)9-14-17)8-10-6-4-3-5-7-10/h3-7,9,11,17H,2,8H2,1H3/b14-9+. The van der Waals surface area contributed by atoms with Gasteiger partial charge >= 0.3 is 5.97 Å². The van der Waals surface area contributed by atoms with Gasteiger partial charge in [-0.05, 0) is 18.9 Å². The van der Waals surface area contributed by atoms with Crippen LogP contribution in [0.1, 0.15) is 12.5 Å². The van der Waals surface area contributed by atoms with Crippen LogP contribution in [0.3, 0.4) is 0 Å². The van der Waals surface area contributed by atoms with Gasteiger partial charge in [0.25, 0.3) is 0 Å². The molecule has 0 heterocycles. The molecular weight excluding hydrogens is 234 g/mol. The van der Waals surface area contributed by atoms with Gasteiger partial charge in [0.05, 0.1) is 6.61 Å². The fraction of sp³-hybridized carbons (Fsp3) is 0.308. The van der Waals surface area contributed by atoms with Gasteiger partial charge < -0.3 is 9.94 Å². The Morgan fingerprint density at radius 3 is 2.61 bits per heavy atom. The van der Waals surface area contributed by atoms with E-state index in [4.69, 9.17) is 9.94 Å². The first-order chi connectivity index (χ1) is 8.69. The minimum absolute atomic E-state index is 0.202. The van der Waals surface area contributed by atoms with E-state index in [2.05, 4.69) is 5.16 Å². The zero-order chi connectivity index (χ0) is 13.4. The lowest BCUT2D eigenvalue weighted by atomic mass is 9.96. The van der Waals surface area contributed by atoms with Crippen molar-refractivity contribution in [3.63, 3.8) is 0 Å². The van der Waals surface area contributed by atoms with E-state index < -0.39 is 17.7 Å². The van der Waals surface area contributed by atoms with E-state index in [1.165, 1.54) is 0 Å². The Kier molecular flexibility index (Phi) is 5.57. The molecule has 0 saturated heterocycles. The van der Waals surface area contributed by atoms with Crippen LogP contribution in [0.4, 0.5) is 0 Å². The molecule has 0 spiro atoms. The number of carbonyl (C=O) groups excluding carboxylic acids is 2. The minimum Gasteiger partial charge on any atom is -0.465 e. The quantitative estimate of drug-likeness (QED) is 0.272. The van der Waals surface area contributed by atoms with Gasteiger partial charge in [0.15, 0.2) is 5.78 Å². The molecule has 0 radical (unpaired) electrons. The van der Waals surface area contributed by atoms with Crippen molar-refractivity contribution in [1.82, 2.24) is 0 Å². The molecule has 0 amide bonds. The number of ether oxygens (including phenoxy) is 1. The second-order valence-electron chi connectivity index (χ2n) is 3.64. The third-order valence-electron chi connectivity index (χ3n) is 2.38. The predicted octanol–water partition coefficient (Wildman–Crippen LogP) is 1.44. The number of carbonyl (C=O) groups is 2. The van der Waals surface area contributed by atoms with Crippen LogP contribution in [-0.4, -0.2) is 29.8 Å². The van der Waals surface area contributed by atoms with Gasteiger partial charge in [-0.15, -0.1) is 0 Å². The van der Waals surface area contributed by atoms with Gasteiger partial charge in [0, 0.05) is 0 Å². The third kappa shape index (κ3) is 4.01. The maximum Gasteiger partial charge on any atom is 0.317 e. The molecule has 5 heteroatoms.